The van der Waals surface area contributed by atoms with Gasteiger partial charge in [-0.05, 0) is 77.3 Å². The highest BCUT2D eigenvalue weighted by molar-refractivity contribution is 14.1. The molecule has 3 unspecified atom stereocenters. The predicted octanol–water partition coefficient (Wildman–Crippen LogP) is 3.87. The van der Waals surface area contributed by atoms with Gasteiger partial charge in [-0.25, -0.2) is 0 Å². The van der Waals surface area contributed by atoms with Crippen molar-refractivity contribution in [3.05, 3.63) is 33.4 Å². The lowest BCUT2D eigenvalue weighted by Gasteiger charge is -2.36. The fraction of sp³-hybridized carbons (Fsp3) is 0.600. The molecule has 0 aromatic heterocycles. The van der Waals surface area contributed by atoms with Gasteiger partial charge in [0.1, 0.15) is 0 Å². The Hall–Kier alpha value is -0.130. The summed E-state index contributed by atoms with van der Waals surface area (Å²) in [6, 6.07) is 9.03. The third-order valence-electron chi connectivity index (χ3n) is 4.10. The smallest absolute Gasteiger partial charge is 0.0488 e. The molecule has 1 aliphatic carbocycles. The summed E-state index contributed by atoms with van der Waals surface area (Å²) < 4.78 is 1.28. The maximum atomic E-state index is 5.81. The van der Waals surface area contributed by atoms with Crippen molar-refractivity contribution in [3.63, 3.8) is 0 Å². The van der Waals surface area contributed by atoms with Gasteiger partial charge in [-0.3, -0.25) is 11.3 Å². The third-order valence-corrected chi connectivity index (χ3v) is 4.81. The third kappa shape index (κ3) is 3.45. The van der Waals surface area contributed by atoms with Gasteiger partial charge < -0.3 is 0 Å². The van der Waals surface area contributed by atoms with E-state index < -0.39 is 0 Å². The molecular formula is C15H23IN2. The monoisotopic (exact) mass is 358 g/mol. The lowest BCUT2D eigenvalue weighted by Crippen LogP contribution is -2.37. The van der Waals surface area contributed by atoms with E-state index in [4.69, 9.17) is 5.84 Å². The fourth-order valence-corrected chi connectivity index (χ4v) is 3.82. The first kappa shape index (κ1) is 14.3. The van der Waals surface area contributed by atoms with Gasteiger partial charge in [0.25, 0.3) is 0 Å². The first-order valence-electron chi connectivity index (χ1n) is 6.81. The van der Waals surface area contributed by atoms with Gasteiger partial charge in [0.05, 0.1) is 0 Å². The van der Waals surface area contributed by atoms with E-state index in [1.807, 2.05) is 0 Å². The molecule has 2 nitrogen and oxygen atoms in total. The Labute approximate surface area is 124 Å². The van der Waals surface area contributed by atoms with Crippen LogP contribution in [0.2, 0.25) is 0 Å². The molecule has 0 spiro atoms. The average Bonchev–Trinajstić information content (AvgIpc) is 2.31. The zero-order valence-electron chi connectivity index (χ0n) is 11.2. The van der Waals surface area contributed by atoms with Gasteiger partial charge in [0.15, 0.2) is 0 Å². The standard InChI is InChI=1S/C15H23IN2/c1-10-7-11(2)9-13(8-10)15(18-17)12-3-5-14(16)6-4-12/h3-6,10-11,13,15,18H,7-9,17H2,1-2H3. The molecule has 0 bridgehead atoms. The molecule has 0 radical (unpaired) electrons. The Balaban J connectivity index is 2.14. The number of hydrazine groups is 1. The summed E-state index contributed by atoms with van der Waals surface area (Å²) in [5.74, 6) is 8.11. The molecule has 18 heavy (non-hydrogen) atoms. The van der Waals surface area contributed by atoms with E-state index in [0.29, 0.717) is 12.0 Å². The number of hydrogen-bond donors (Lipinski definition) is 2. The largest absolute Gasteiger partial charge is 0.271 e. The Morgan fingerprint density at radius 2 is 1.67 bits per heavy atom. The molecule has 2 rings (SSSR count). The van der Waals surface area contributed by atoms with E-state index >= 15 is 0 Å². The summed E-state index contributed by atoms with van der Waals surface area (Å²) in [4.78, 5) is 0. The van der Waals surface area contributed by atoms with Gasteiger partial charge in [0, 0.05) is 9.61 Å². The van der Waals surface area contributed by atoms with Crippen molar-refractivity contribution >= 4 is 22.6 Å². The highest BCUT2D eigenvalue weighted by Gasteiger charge is 2.30. The Kier molecular flexibility index (Phi) is 5.04. The highest BCUT2D eigenvalue weighted by Crippen LogP contribution is 2.39. The summed E-state index contributed by atoms with van der Waals surface area (Å²) >= 11 is 2.34. The van der Waals surface area contributed by atoms with Crippen molar-refractivity contribution in [3.8, 4) is 0 Å². The van der Waals surface area contributed by atoms with Crippen LogP contribution in [0.1, 0.15) is 44.7 Å². The van der Waals surface area contributed by atoms with Crippen LogP contribution in [-0.4, -0.2) is 0 Å². The van der Waals surface area contributed by atoms with Crippen LogP contribution in [0.15, 0.2) is 24.3 Å². The Morgan fingerprint density at radius 1 is 1.11 bits per heavy atom. The van der Waals surface area contributed by atoms with Crippen molar-refractivity contribution < 1.29 is 0 Å². The normalized spacial score (nSPS) is 30.1. The van der Waals surface area contributed by atoms with Gasteiger partial charge in [0.2, 0.25) is 0 Å². The lowest BCUT2D eigenvalue weighted by atomic mass is 9.72. The molecule has 0 amide bonds. The van der Waals surface area contributed by atoms with E-state index in [1.54, 1.807) is 0 Å². The minimum atomic E-state index is 0.298. The summed E-state index contributed by atoms with van der Waals surface area (Å²) in [5.41, 5.74) is 4.37. The van der Waals surface area contributed by atoms with Crippen LogP contribution in [-0.2, 0) is 0 Å². The van der Waals surface area contributed by atoms with Gasteiger partial charge in [-0.2, -0.15) is 0 Å². The minimum Gasteiger partial charge on any atom is -0.271 e. The van der Waals surface area contributed by atoms with Crippen molar-refractivity contribution in [1.29, 1.82) is 0 Å². The van der Waals surface area contributed by atoms with E-state index in [1.165, 1.54) is 28.4 Å². The molecule has 3 heteroatoms. The molecular weight excluding hydrogens is 335 g/mol. The second-order valence-corrected chi connectivity index (χ2v) is 7.12. The van der Waals surface area contributed by atoms with Crippen molar-refractivity contribution in [2.24, 2.45) is 23.6 Å². The van der Waals surface area contributed by atoms with Crippen LogP contribution < -0.4 is 11.3 Å². The quantitative estimate of drug-likeness (QED) is 0.489. The molecule has 0 aliphatic heterocycles. The maximum Gasteiger partial charge on any atom is 0.0488 e. The molecule has 3 atom stereocenters. The number of halogens is 1. The zero-order valence-corrected chi connectivity index (χ0v) is 13.4. The van der Waals surface area contributed by atoms with Crippen LogP contribution in [0.25, 0.3) is 0 Å². The number of hydrogen-bond acceptors (Lipinski definition) is 2. The Bertz CT molecular complexity index is 367. The van der Waals surface area contributed by atoms with E-state index in [2.05, 4.69) is 66.1 Å². The number of nitrogens with two attached hydrogens (primary N) is 1. The number of nitrogens with one attached hydrogen (secondary N) is 1. The molecule has 1 fully saturated rings. The molecule has 1 aliphatic rings. The van der Waals surface area contributed by atoms with E-state index in [-0.39, 0.29) is 0 Å². The highest BCUT2D eigenvalue weighted by atomic mass is 127. The summed E-state index contributed by atoms with van der Waals surface area (Å²) in [6.07, 6.45) is 3.93. The van der Waals surface area contributed by atoms with Gasteiger partial charge in [-0.1, -0.05) is 26.0 Å². The summed E-state index contributed by atoms with van der Waals surface area (Å²) in [7, 11) is 0. The summed E-state index contributed by atoms with van der Waals surface area (Å²) in [6.45, 7) is 4.73. The maximum absolute atomic E-state index is 5.81. The SMILES string of the molecule is CC1CC(C)CC(C(NN)c2ccc(I)cc2)C1. The molecule has 1 aromatic carbocycles. The van der Waals surface area contributed by atoms with Gasteiger partial charge in [-0.15, -0.1) is 0 Å². The molecule has 1 aromatic rings. The average molecular weight is 358 g/mol. The zero-order chi connectivity index (χ0) is 13.1. The van der Waals surface area contributed by atoms with Crippen LogP contribution >= 0.6 is 22.6 Å². The van der Waals surface area contributed by atoms with Crippen LogP contribution in [0.5, 0.6) is 0 Å². The lowest BCUT2D eigenvalue weighted by molar-refractivity contribution is 0.177. The van der Waals surface area contributed by atoms with Crippen molar-refractivity contribution in [2.45, 2.75) is 39.2 Å². The van der Waals surface area contributed by atoms with Crippen LogP contribution in [0, 0.1) is 21.3 Å². The molecule has 3 N–H and O–H groups in total. The van der Waals surface area contributed by atoms with Crippen molar-refractivity contribution in [1.82, 2.24) is 5.43 Å². The van der Waals surface area contributed by atoms with E-state index in [0.717, 1.165) is 11.8 Å². The first-order chi connectivity index (χ1) is 8.60. The molecule has 0 saturated heterocycles. The fourth-order valence-electron chi connectivity index (χ4n) is 3.46. The predicted molar refractivity (Wildman–Crippen MR) is 84.9 cm³/mol. The van der Waals surface area contributed by atoms with Crippen LogP contribution in [0.3, 0.4) is 0 Å². The van der Waals surface area contributed by atoms with Crippen LogP contribution in [0.4, 0.5) is 0 Å². The molecule has 100 valence electrons. The topological polar surface area (TPSA) is 38.0 Å². The first-order valence-corrected chi connectivity index (χ1v) is 7.89. The molecule has 1 saturated carbocycles. The van der Waals surface area contributed by atoms with Crippen molar-refractivity contribution in [2.75, 3.05) is 0 Å². The molecule has 0 heterocycles. The van der Waals surface area contributed by atoms with Gasteiger partial charge >= 0.3 is 0 Å². The van der Waals surface area contributed by atoms with E-state index in [9.17, 15) is 0 Å². The second-order valence-electron chi connectivity index (χ2n) is 5.87. The Morgan fingerprint density at radius 3 is 2.17 bits per heavy atom. The number of rotatable bonds is 3. The minimum absolute atomic E-state index is 0.298. The number of benzene rings is 1. The summed E-state index contributed by atoms with van der Waals surface area (Å²) in [5, 5.41) is 0. The second kappa shape index (κ2) is 6.35.